The van der Waals surface area contributed by atoms with Crippen molar-refractivity contribution in [2.75, 3.05) is 6.54 Å². The predicted molar refractivity (Wildman–Crippen MR) is 221 cm³/mol. The number of esters is 2. The van der Waals surface area contributed by atoms with Gasteiger partial charge < -0.3 is 29.1 Å². The van der Waals surface area contributed by atoms with Gasteiger partial charge >= 0.3 is 11.9 Å². The van der Waals surface area contributed by atoms with Crippen molar-refractivity contribution in [2.45, 2.75) is 148 Å². The molecular formula is C46H56F2N4O8. The van der Waals surface area contributed by atoms with Crippen LogP contribution in [0.15, 0.2) is 58.6 Å². The summed E-state index contributed by atoms with van der Waals surface area (Å²) < 4.78 is 40.7. The largest absolute Gasteiger partial charge is 0.461 e. The van der Waals surface area contributed by atoms with Crippen LogP contribution in [0.3, 0.4) is 0 Å². The van der Waals surface area contributed by atoms with Gasteiger partial charge in [0.05, 0.1) is 17.3 Å². The Kier molecular flexibility index (Phi) is 14.9. The minimum absolute atomic E-state index is 0.0109. The molecule has 2 bridgehead atoms. The number of fused-ring (bicyclic) bond motifs is 5. The van der Waals surface area contributed by atoms with Crippen molar-refractivity contribution in [1.82, 2.24) is 14.8 Å². The predicted octanol–water partition coefficient (Wildman–Crippen LogP) is 8.73. The van der Waals surface area contributed by atoms with E-state index in [9.17, 15) is 32.8 Å². The number of hydrogen-bond donors (Lipinski definition) is 1. The quantitative estimate of drug-likeness (QED) is 0.0933. The molecule has 2 amide bonds. The molecule has 0 aliphatic carbocycles. The standard InChI is InChI=1S/C46H56F2N4O8/c1-4-5-6-7-8-9-10-11-12-13-14-15-39(53)58-29-32-16-18-33(19-17-32)45(57)59-42-40-44(56)51-28-38(46(23-22-31(51)3)25-30(2)50-60-46)52(40)27-36(41(42)54)43(55)49-26-34-20-21-35(47)24-37(34)48/h16-21,24,27,31,38H,4-15,22-23,25-26,28-29H2,1-3H3,(H,49,55)/t31-,38+,46-/m0/s1. The van der Waals surface area contributed by atoms with E-state index >= 15 is 0 Å². The molecule has 322 valence electrons. The number of carbonyl (C=O) groups is 4. The van der Waals surface area contributed by atoms with E-state index in [2.05, 4.69) is 17.4 Å². The zero-order valence-electron chi connectivity index (χ0n) is 34.9. The van der Waals surface area contributed by atoms with Crippen LogP contribution in [0.2, 0.25) is 0 Å². The molecule has 6 rings (SSSR count). The van der Waals surface area contributed by atoms with Gasteiger partial charge in [-0.25, -0.2) is 13.6 Å². The SMILES string of the molecule is CCCCCCCCCCCCCC(=O)OCc1ccc(C(=O)Oc2c3n(cc(C(=O)NCc4ccc(F)cc4F)c2=O)[C@@H]2CN(C3=O)[C@@H](C)CC[C@]23CC(C)=NO3)cc1. The van der Waals surface area contributed by atoms with Crippen LogP contribution in [0, 0.1) is 11.6 Å². The van der Waals surface area contributed by atoms with Crippen LogP contribution in [-0.4, -0.2) is 57.1 Å². The van der Waals surface area contributed by atoms with Gasteiger partial charge in [0.2, 0.25) is 11.2 Å². The third-order valence-electron chi connectivity index (χ3n) is 11.9. The summed E-state index contributed by atoms with van der Waals surface area (Å²) in [6, 6.07) is 8.14. The average molecular weight is 831 g/mol. The topological polar surface area (TPSA) is 146 Å². The Labute approximate surface area is 349 Å². The van der Waals surface area contributed by atoms with Gasteiger partial charge in [-0.05, 0) is 56.9 Å². The Morgan fingerprint density at radius 2 is 1.63 bits per heavy atom. The van der Waals surface area contributed by atoms with Crippen molar-refractivity contribution in [2.24, 2.45) is 5.16 Å². The third-order valence-corrected chi connectivity index (χ3v) is 11.9. The summed E-state index contributed by atoms with van der Waals surface area (Å²) in [5, 5.41) is 6.74. The van der Waals surface area contributed by atoms with Gasteiger partial charge in [-0.1, -0.05) is 94.5 Å². The first-order valence-electron chi connectivity index (χ1n) is 21.4. The van der Waals surface area contributed by atoms with Crippen molar-refractivity contribution in [3.63, 3.8) is 0 Å². The highest BCUT2D eigenvalue weighted by Crippen LogP contribution is 2.46. The number of benzene rings is 2. The van der Waals surface area contributed by atoms with Gasteiger partial charge in [-0.3, -0.25) is 19.2 Å². The van der Waals surface area contributed by atoms with Crippen LogP contribution in [-0.2, 0) is 27.5 Å². The van der Waals surface area contributed by atoms with E-state index in [-0.39, 0.29) is 48.5 Å². The minimum atomic E-state index is -1.03. The Morgan fingerprint density at radius 3 is 2.28 bits per heavy atom. The fourth-order valence-corrected chi connectivity index (χ4v) is 8.36. The van der Waals surface area contributed by atoms with E-state index in [1.165, 1.54) is 80.3 Å². The maximum absolute atomic E-state index is 14.5. The normalized spacial score (nSPS) is 19.3. The van der Waals surface area contributed by atoms with Crippen molar-refractivity contribution >= 4 is 29.5 Å². The monoisotopic (exact) mass is 830 g/mol. The van der Waals surface area contributed by atoms with Crippen LogP contribution in [0.25, 0.3) is 0 Å². The van der Waals surface area contributed by atoms with Crippen molar-refractivity contribution in [3.05, 3.63) is 98.5 Å². The lowest BCUT2D eigenvalue weighted by atomic mass is 9.84. The number of aromatic nitrogens is 1. The van der Waals surface area contributed by atoms with E-state index < -0.39 is 57.8 Å². The molecule has 60 heavy (non-hydrogen) atoms. The molecule has 14 heteroatoms. The molecule has 0 radical (unpaired) electrons. The average Bonchev–Trinajstić information content (AvgIpc) is 3.57. The molecule has 3 aliphatic heterocycles. The third kappa shape index (κ3) is 10.5. The highest BCUT2D eigenvalue weighted by Gasteiger charge is 2.54. The number of oxime groups is 1. The Hall–Kier alpha value is -5.40. The number of nitrogens with one attached hydrogen (secondary N) is 1. The van der Waals surface area contributed by atoms with Crippen LogP contribution in [0.4, 0.5) is 8.78 Å². The number of halogens is 2. The maximum Gasteiger partial charge on any atom is 0.343 e. The number of ether oxygens (including phenoxy) is 2. The number of rotatable bonds is 19. The Bertz CT molecular complexity index is 2140. The molecule has 0 unspecified atom stereocenters. The number of pyridine rings is 1. The summed E-state index contributed by atoms with van der Waals surface area (Å²) in [5.41, 5.74) is -1.23. The first-order valence-corrected chi connectivity index (χ1v) is 21.4. The number of nitrogens with zero attached hydrogens (tertiary/aromatic N) is 3. The summed E-state index contributed by atoms with van der Waals surface area (Å²) in [7, 11) is 0. The summed E-state index contributed by atoms with van der Waals surface area (Å²) in [6.45, 7) is 5.76. The highest BCUT2D eigenvalue weighted by atomic mass is 19.1. The van der Waals surface area contributed by atoms with Crippen molar-refractivity contribution in [1.29, 1.82) is 0 Å². The van der Waals surface area contributed by atoms with E-state index in [1.54, 1.807) is 17.0 Å². The molecule has 1 fully saturated rings. The molecule has 3 atom stereocenters. The van der Waals surface area contributed by atoms with Gasteiger partial charge in [0.1, 0.15) is 23.8 Å². The molecular weight excluding hydrogens is 775 g/mol. The van der Waals surface area contributed by atoms with Gasteiger partial charge in [0.15, 0.2) is 11.3 Å². The smallest absolute Gasteiger partial charge is 0.343 e. The van der Waals surface area contributed by atoms with Gasteiger partial charge in [-0.2, -0.15) is 0 Å². The fourth-order valence-electron chi connectivity index (χ4n) is 8.36. The molecule has 3 aliphatic rings. The molecule has 2 aromatic carbocycles. The molecule has 3 aromatic rings. The lowest BCUT2D eigenvalue weighted by molar-refractivity contribution is -0.145. The van der Waals surface area contributed by atoms with E-state index in [1.807, 2.05) is 13.8 Å². The first kappa shape index (κ1) is 44.2. The number of unbranched alkanes of at least 4 members (excludes halogenated alkanes) is 10. The maximum atomic E-state index is 14.5. The van der Waals surface area contributed by atoms with Crippen molar-refractivity contribution < 1.29 is 42.3 Å². The lowest BCUT2D eigenvalue weighted by Crippen LogP contribution is -2.52. The highest BCUT2D eigenvalue weighted by molar-refractivity contribution is 6.01. The number of amides is 2. The Balaban J connectivity index is 1.15. The molecule has 1 spiro atoms. The molecule has 1 N–H and O–H groups in total. The second kappa shape index (κ2) is 20.2. The molecule has 1 aromatic heterocycles. The van der Waals surface area contributed by atoms with Gasteiger partial charge in [-0.15, -0.1) is 0 Å². The fraction of sp³-hybridized carbons (Fsp3) is 0.522. The summed E-state index contributed by atoms with van der Waals surface area (Å²) in [5.74, 6) is -5.06. The molecule has 12 nitrogen and oxygen atoms in total. The van der Waals surface area contributed by atoms with E-state index in [0.29, 0.717) is 37.3 Å². The number of hydrogen-bond acceptors (Lipinski definition) is 9. The summed E-state index contributed by atoms with van der Waals surface area (Å²) in [6.07, 6.45) is 16.1. The second-order valence-electron chi connectivity index (χ2n) is 16.4. The molecule has 4 heterocycles. The summed E-state index contributed by atoms with van der Waals surface area (Å²) in [4.78, 5) is 76.0. The van der Waals surface area contributed by atoms with Crippen LogP contribution in [0.1, 0.15) is 165 Å². The molecule has 1 saturated heterocycles. The van der Waals surface area contributed by atoms with Crippen LogP contribution >= 0.6 is 0 Å². The van der Waals surface area contributed by atoms with Gasteiger partial charge in [0.25, 0.3) is 11.8 Å². The Morgan fingerprint density at radius 1 is 0.950 bits per heavy atom. The van der Waals surface area contributed by atoms with Crippen molar-refractivity contribution in [3.8, 4) is 5.75 Å². The number of carbonyl (C=O) groups excluding carboxylic acids is 4. The zero-order chi connectivity index (χ0) is 42.8. The minimum Gasteiger partial charge on any atom is -0.461 e. The summed E-state index contributed by atoms with van der Waals surface area (Å²) >= 11 is 0. The molecule has 0 saturated carbocycles. The zero-order valence-corrected chi connectivity index (χ0v) is 34.9. The van der Waals surface area contributed by atoms with E-state index in [0.717, 1.165) is 31.0 Å². The first-order chi connectivity index (χ1) is 28.9. The second-order valence-corrected chi connectivity index (χ2v) is 16.4. The van der Waals surface area contributed by atoms with Crippen LogP contribution < -0.4 is 15.5 Å². The van der Waals surface area contributed by atoms with Gasteiger partial charge in [0, 0.05) is 49.8 Å². The van der Waals surface area contributed by atoms with Crippen LogP contribution in [0.5, 0.6) is 5.75 Å². The van der Waals surface area contributed by atoms with E-state index in [4.69, 9.17) is 14.3 Å². The lowest BCUT2D eigenvalue weighted by Gasteiger charge is -2.42.